The summed E-state index contributed by atoms with van der Waals surface area (Å²) in [7, 11) is 0. The van der Waals surface area contributed by atoms with Crippen molar-refractivity contribution in [1.29, 1.82) is 0 Å². The Balaban J connectivity index is 0.00000103. The first-order valence-electron chi connectivity index (χ1n) is 11.1. The molecular weight excluding hydrogens is 459 g/mol. The number of carbonyl (C=O) groups excluding carboxylic acids is 2. The van der Waals surface area contributed by atoms with Crippen molar-refractivity contribution in [3.63, 3.8) is 0 Å². The van der Waals surface area contributed by atoms with Crippen LogP contribution in [-0.4, -0.2) is 88.3 Å². The molecule has 0 saturated carbocycles. The van der Waals surface area contributed by atoms with Crippen LogP contribution in [0.2, 0.25) is 0 Å². The fraction of sp³-hybridized carbons (Fsp3) is 0.636. The van der Waals surface area contributed by atoms with Gasteiger partial charge in [-0.25, -0.2) is 0 Å². The molecule has 34 heavy (non-hydrogen) atoms. The molecule has 1 spiro atoms. The van der Waals surface area contributed by atoms with Crippen molar-refractivity contribution in [3.05, 3.63) is 29.6 Å². The normalized spacial score (nSPS) is 23.2. The van der Waals surface area contributed by atoms with E-state index in [4.69, 9.17) is 14.6 Å². The summed E-state index contributed by atoms with van der Waals surface area (Å²) in [5.41, 5.74) is -1.79. The van der Waals surface area contributed by atoms with Crippen molar-refractivity contribution in [2.45, 2.75) is 50.5 Å². The first kappa shape index (κ1) is 25.9. The Morgan fingerprint density at radius 3 is 2.44 bits per heavy atom. The Labute approximate surface area is 194 Å². The van der Waals surface area contributed by atoms with E-state index in [9.17, 15) is 27.9 Å². The molecule has 3 fully saturated rings. The highest BCUT2D eigenvalue weighted by atomic mass is 19.4. The van der Waals surface area contributed by atoms with Crippen LogP contribution < -0.4 is 0 Å². The molecule has 3 saturated heterocycles. The standard InChI is InChI=1S/C21H26F3N3O4.CH2O2/c22-21(23,24)17-11-14(1-6-25-17)18(29)27-9-4-20(5-10-27)12-16(31-19(20)30)13-26-7-2-15(28)3-8-26;2-1-3/h1,6,11,15-16,28H,2-5,7-10,12-13H2;1H,(H,2,3). The van der Waals surface area contributed by atoms with E-state index < -0.39 is 23.2 Å². The van der Waals surface area contributed by atoms with Crippen LogP contribution in [0.3, 0.4) is 0 Å². The number of esters is 1. The van der Waals surface area contributed by atoms with E-state index in [1.54, 1.807) is 0 Å². The van der Waals surface area contributed by atoms with Gasteiger partial charge >= 0.3 is 12.1 Å². The maximum absolute atomic E-state index is 12.9. The smallest absolute Gasteiger partial charge is 0.433 e. The van der Waals surface area contributed by atoms with Crippen LogP contribution in [0.1, 0.15) is 48.2 Å². The lowest BCUT2D eigenvalue weighted by molar-refractivity contribution is -0.151. The quantitative estimate of drug-likeness (QED) is 0.489. The molecule has 0 bridgehead atoms. The molecule has 0 radical (unpaired) electrons. The number of aromatic nitrogens is 1. The highest BCUT2D eigenvalue weighted by Crippen LogP contribution is 2.43. The van der Waals surface area contributed by atoms with Gasteiger partial charge < -0.3 is 19.8 Å². The van der Waals surface area contributed by atoms with Gasteiger partial charge in [0.05, 0.1) is 11.5 Å². The predicted molar refractivity (Wildman–Crippen MR) is 112 cm³/mol. The number of aliphatic hydroxyl groups excluding tert-OH is 1. The number of ether oxygens (including phenoxy) is 1. The molecule has 2 N–H and O–H groups in total. The number of cyclic esters (lactones) is 1. The number of pyridine rings is 1. The summed E-state index contributed by atoms with van der Waals surface area (Å²) in [4.78, 5) is 40.7. The van der Waals surface area contributed by atoms with Gasteiger partial charge in [0, 0.05) is 50.9 Å². The zero-order valence-corrected chi connectivity index (χ0v) is 18.5. The van der Waals surface area contributed by atoms with Gasteiger partial charge in [-0.15, -0.1) is 0 Å². The summed E-state index contributed by atoms with van der Waals surface area (Å²) in [6.45, 7) is 2.52. The molecule has 4 heterocycles. The number of nitrogens with zero attached hydrogens (tertiary/aromatic N) is 3. The monoisotopic (exact) mass is 487 g/mol. The van der Waals surface area contributed by atoms with Crippen LogP contribution in [-0.2, 0) is 20.5 Å². The Morgan fingerprint density at radius 1 is 1.24 bits per heavy atom. The van der Waals surface area contributed by atoms with Crippen molar-refractivity contribution < 1.29 is 42.5 Å². The van der Waals surface area contributed by atoms with Crippen LogP contribution in [0, 0.1) is 5.41 Å². The van der Waals surface area contributed by atoms with E-state index in [0.717, 1.165) is 25.4 Å². The number of hydrogen-bond donors (Lipinski definition) is 2. The van der Waals surface area contributed by atoms with Crippen LogP contribution in [0.25, 0.3) is 0 Å². The molecule has 1 amide bonds. The fourth-order valence-corrected chi connectivity index (χ4v) is 4.78. The van der Waals surface area contributed by atoms with Gasteiger partial charge in [0.15, 0.2) is 0 Å². The Kier molecular flexibility index (Phi) is 8.13. The van der Waals surface area contributed by atoms with Gasteiger partial charge in [-0.1, -0.05) is 0 Å². The Bertz CT molecular complexity index is 881. The van der Waals surface area contributed by atoms with Gasteiger partial charge in [0.2, 0.25) is 0 Å². The number of hydrogen-bond acceptors (Lipinski definition) is 7. The lowest BCUT2D eigenvalue weighted by atomic mass is 9.76. The summed E-state index contributed by atoms with van der Waals surface area (Å²) in [5.74, 6) is -0.734. The van der Waals surface area contributed by atoms with Gasteiger partial charge in [-0.05, 0) is 37.8 Å². The number of amides is 1. The number of alkyl halides is 3. The fourth-order valence-electron chi connectivity index (χ4n) is 4.78. The molecule has 3 aliphatic rings. The lowest BCUT2D eigenvalue weighted by Gasteiger charge is -2.36. The largest absolute Gasteiger partial charge is 0.483 e. The molecule has 0 aromatic carbocycles. The third kappa shape index (κ3) is 6.03. The number of halogens is 3. The molecule has 4 rings (SSSR count). The summed E-state index contributed by atoms with van der Waals surface area (Å²) in [5, 5.41) is 16.5. The van der Waals surface area contributed by atoms with E-state index in [0.29, 0.717) is 51.7 Å². The lowest BCUT2D eigenvalue weighted by Crippen LogP contribution is -2.45. The summed E-state index contributed by atoms with van der Waals surface area (Å²) in [6.07, 6.45) is -1.21. The molecule has 1 unspecified atom stereocenters. The van der Waals surface area contributed by atoms with Crippen molar-refractivity contribution in [3.8, 4) is 0 Å². The number of likely N-dealkylation sites (tertiary alicyclic amines) is 2. The summed E-state index contributed by atoms with van der Waals surface area (Å²) in [6, 6.07) is 2.04. The van der Waals surface area contributed by atoms with Gasteiger partial charge in [-0.3, -0.25) is 24.3 Å². The molecule has 12 heteroatoms. The van der Waals surface area contributed by atoms with Crippen molar-refractivity contribution in [2.75, 3.05) is 32.7 Å². The minimum atomic E-state index is -4.61. The topological polar surface area (TPSA) is 120 Å². The van der Waals surface area contributed by atoms with Crippen molar-refractivity contribution >= 4 is 18.3 Å². The zero-order valence-electron chi connectivity index (χ0n) is 18.5. The van der Waals surface area contributed by atoms with Crippen molar-refractivity contribution in [1.82, 2.24) is 14.8 Å². The summed E-state index contributed by atoms with van der Waals surface area (Å²) >= 11 is 0. The molecule has 1 aromatic rings. The summed E-state index contributed by atoms with van der Waals surface area (Å²) < 4.78 is 44.3. The number of carboxylic acid groups (broad SMARTS) is 1. The molecular formula is C22H28F3N3O6. The number of piperidine rings is 2. The first-order valence-corrected chi connectivity index (χ1v) is 11.1. The maximum atomic E-state index is 12.9. The van der Waals surface area contributed by atoms with E-state index in [1.807, 2.05) is 0 Å². The third-order valence-electron chi connectivity index (χ3n) is 6.65. The third-order valence-corrected chi connectivity index (χ3v) is 6.65. The molecule has 1 atom stereocenters. The SMILES string of the molecule is O=C(c1ccnc(C(F)(F)F)c1)N1CCC2(CC1)CC(CN1CCC(O)CC1)OC2=O.O=CO. The van der Waals surface area contributed by atoms with E-state index in [-0.39, 0.29) is 30.2 Å². The van der Waals surface area contributed by atoms with Crippen LogP contribution >= 0.6 is 0 Å². The van der Waals surface area contributed by atoms with Gasteiger partial charge in [-0.2, -0.15) is 13.2 Å². The Morgan fingerprint density at radius 2 is 1.85 bits per heavy atom. The molecule has 1 aromatic heterocycles. The maximum Gasteiger partial charge on any atom is 0.433 e. The molecule has 188 valence electrons. The minimum absolute atomic E-state index is 0.0579. The highest BCUT2D eigenvalue weighted by Gasteiger charge is 2.51. The first-order chi connectivity index (χ1) is 16.1. The van der Waals surface area contributed by atoms with Crippen LogP contribution in [0.5, 0.6) is 0 Å². The molecule has 3 aliphatic heterocycles. The predicted octanol–water partition coefficient (Wildman–Crippen LogP) is 1.80. The van der Waals surface area contributed by atoms with Crippen LogP contribution in [0.15, 0.2) is 18.3 Å². The second kappa shape index (κ2) is 10.7. The molecule has 9 nitrogen and oxygen atoms in total. The number of rotatable bonds is 3. The van der Waals surface area contributed by atoms with Gasteiger partial charge in [0.25, 0.3) is 12.4 Å². The van der Waals surface area contributed by atoms with E-state index >= 15 is 0 Å². The molecule has 0 aliphatic carbocycles. The zero-order chi connectivity index (χ0) is 24.9. The minimum Gasteiger partial charge on any atom is -0.483 e. The van der Waals surface area contributed by atoms with E-state index in [2.05, 4.69) is 9.88 Å². The van der Waals surface area contributed by atoms with Crippen LogP contribution in [0.4, 0.5) is 13.2 Å². The highest BCUT2D eigenvalue weighted by molar-refractivity contribution is 5.94. The van der Waals surface area contributed by atoms with Gasteiger partial charge in [0.1, 0.15) is 11.8 Å². The Hall–Kier alpha value is -2.73. The number of aliphatic hydroxyl groups is 1. The number of carbonyl (C=O) groups is 3. The second-order valence-electron chi connectivity index (χ2n) is 8.87. The van der Waals surface area contributed by atoms with Crippen molar-refractivity contribution in [2.24, 2.45) is 5.41 Å². The average molecular weight is 487 g/mol. The average Bonchev–Trinajstić information content (AvgIpc) is 3.09. The van der Waals surface area contributed by atoms with E-state index in [1.165, 1.54) is 11.0 Å². The second-order valence-corrected chi connectivity index (χ2v) is 8.87.